The third-order valence-electron chi connectivity index (χ3n) is 3.97. The lowest BCUT2D eigenvalue weighted by molar-refractivity contribution is -0.114. The molecule has 0 aromatic carbocycles. The molecule has 1 aliphatic heterocycles. The zero-order valence-electron chi connectivity index (χ0n) is 14.3. The molecule has 1 N–H and O–H groups in total. The highest BCUT2D eigenvalue weighted by Gasteiger charge is 2.32. The van der Waals surface area contributed by atoms with Gasteiger partial charge in [0.2, 0.25) is 11.9 Å². The molecular formula is C16H20FN5O2S. The Morgan fingerprint density at radius 3 is 2.88 bits per heavy atom. The fourth-order valence-electron chi connectivity index (χ4n) is 2.76. The molecule has 1 amide bonds. The first-order chi connectivity index (χ1) is 11.9. The molecule has 9 heteroatoms. The number of hydrogen-bond donors (Lipinski definition) is 1. The van der Waals surface area contributed by atoms with E-state index in [9.17, 15) is 9.18 Å². The summed E-state index contributed by atoms with van der Waals surface area (Å²) in [4.78, 5) is 25.8. The van der Waals surface area contributed by atoms with E-state index in [-0.39, 0.29) is 23.2 Å². The van der Waals surface area contributed by atoms with E-state index in [4.69, 9.17) is 4.74 Å². The Balaban J connectivity index is 1.61. The summed E-state index contributed by atoms with van der Waals surface area (Å²) in [7, 11) is 0. The summed E-state index contributed by atoms with van der Waals surface area (Å²) in [6, 6.07) is 0.600. The molecule has 134 valence electrons. The standard InChI is InChI=1S/C16H20FN5O2S/c1-9-5-18-15(19-6-9)24-12-4-10(2)22(7-12)8-13-14(17)21-16(25-13)20-11(3)23/h5-6,10,12H,4,7-8H2,1-3H3,(H,20,21,23)/t10-,12+/m0/s1. The van der Waals surface area contributed by atoms with E-state index in [0.717, 1.165) is 23.3 Å². The van der Waals surface area contributed by atoms with Crippen molar-refractivity contribution >= 4 is 22.4 Å². The molecule has 3 heterocycles. The number of likely N-dealkylation sites (tertiary alicyclic amines) is 1. The van der Waals surface area contributed by atoms with Crippen molar-refractivity contribution in [2.24, 2.45) is 0 Å². The van der Waals surface area contributed by atoms with Gasteiger partial charge >= 0.3 is 6.01 Å². The first-order valence-corrected chi connectivity index (χ1v) is 8.84. The van der Waals surface area contributed by atoms with Crippen LogP contribution in [0, 0.1) is 12.9 Å². The average Bonchev–Trinajstić information content (AvgIpc) is 3.04. The maximum absolute atomic E-state index is 14.0. The van der Waals surface area contributed by atoms with Gasteiger partial charge in [-0.3, -0.25) is 9.69 Å². The molecule has 0 radical (unpaired) electrons. The number of aromatic nitrogens is 3. The Bertz CT molecular complexity index is 751. The van der Waals surface area contributed by atoms with Gasteiger partial charge in [0.25, 0.3) is 0 Å². The highest BCUT2D eigenvalue weighted by Crippen LogP contribution is 2.28. The SMILES string of the molecule is CC(=O)Nc1nc(F)c(CN2C[C@H](Oc3ncc(C)cn3)C[C@@H]2C)s1. The normalized spacial score (nSPS) is 20.6. The van der Waals surface area contributed by atoms with Crippen LogP contribution in [0.1, 0.15) is 30.7 Å². The number of amides is 1. The molecule has 1 aliphatic rings. The highest BCUT2D eigenvalue weighted by molar-refractivity contribution is 7.15. The van der Waals surface area contributed by atoms with Crippen LogP contribution in [-0.2, 0) is 11.3 Å². The van der Waals surface area contributed by atoms with E-state index >= 15 is 0 Å². The summed E-state index contributed by atoms with van der Waals surface area (Å²) in [5.41, 5.74) is 0.976. The van der Waals surface area contributed by atoms with Crippen molar-refractivity contribution in [1.29, 1.82) is 0 Å². The van der Waals surface area contributed by atoms with Crippen molar-refractivity contribution in [3.05, 3.63) is 28.8 Å². The first-order valence-electron chi connectivity index (χ1n) is 8.03. The lowest BCUT2D eigenvalue weighted by atomic mass is 10.2. The Kier molecular flexibility index (Phi) is 5.24. The van der Waals surface area contributed by atoms with Gasteiger partial charge < -0.3 is 10.1 Å². The van der Waals surface area contributed by atoms with Crippen molar-refractivity contribution in [3.8, 4) is 6.01 Å². The van der Waals surface area contributed by atoms with Crippen LogP contribution in [0.2, 0.25) is 0 Å². The summed E-state index contributed by atoms with van der Waals surface area (Å²) in [6.07, 6.45) is 4.21. The van der Waals surface area contributed by atoms with Gasteiger partial charge in [0.05, 0.1) is 4.88 Å². The maximum Gasteiger partial charge on any atom is 0.316 e. The van der Waals surface area contributed by atoms with Crippen LogP contribution in [0.5, 0.6) is 6.01 Å². The zero-order chi connectivity index (χ0) is 18.0. The molecule has 0 unspecified atom stereocenters. The van der Waals surface area contributed by atoms with Crippen LogP contribution in [0.4, 0.5) is 9.52 Å². The minimum absolute atomic E-state index is 0.0384. The monoisotopic (exact) mass is 365 g/mol. The molecule has 2 aromatic rings. The number of hydrogen-bond acceptors (Lipinski definition) is 7. The van der Waals surface area contributed by atoms with Gasteiger partial charge in [0.1, 0.15) is 6.10 Å². The molecule has 1 fully saturated rings. The van der Waals surface area contributed by atoms with Crippen LogP contribution in [0.3, 0.4) is 0 Å². The highest BCUT2D eigenvalue weighted by atomic mass is 32.1. The summed E-state index contributed by atoms with van der Waals surface area (Å²) in [5.74, 6) is -0.798. The molecule has 0 aliphatic carbocycles. The third kappa shape index (κ3) is 4.49. The lowest BCUT2D eigenvalue weighted by Gasteiger charge is -2.19. The van der Waals surface area contributed by atoms with Crippen molar-refractivity contribution in [2.45, 2.75) is 45.9 Å². The lowest BCUT2D eigenvalue weighted by Crippen LogP contribution is -2.28. The molecule has 2 atom stereocenters. The molecule has 0 spiro atoms. The second kappa shape index (κ2) is 7.40. The largest absolute Gasteiger partial charge is 0.459 e. The fraction of sp³-hybridized carbons (Fsp3) is 0.500. The topological polar surface area (TPSA) is 80.2 Å². The van der Waals surface area contributed by atoms with E-state index in [1.54, 1.807) is 12.4 Å². The van der Waals surface area contributed by atoms with E-state index < -0.39 is 5.95 Å². The van der Waals surface area contributed by atoms with Crippen LogP contribution < -0.4 is 10.1 Å². The van der Waals surface area contributed by atoms with Crippen molar-refractivity contribution < 1.29 is 13.9 Å². The predicted octanol–water partition coefficient (Wildman–Crippen LogP) is 2.38. The molecule has 25 heavy (non-hydrogen) atoms. The number of aryl methyl sites for hydroxylation is 1. The smallest absolute Gasteiger partial charge is 0.316 e. The summed E-state index contributed by atoms with van der Waals surface area (Å²) in [5, 5.41) is 2.80. The Morgan fingerprint density at radius 1 is 1.48 bits per heavy atom. The number of rotatable bonds is 5. The summed E-state index contributed by atoms with van der Waals surface area (Å²) >= 11 is 1.16. The van der Waals surface area contributed by atoms with Crippen LogP contribution >= 0.6 is 11.3 Å². The Morgan fingerprint density at radius 2 is 2.20 bits per heavy atom. The Labute approximate surface area is 149 Å². The minimum Gasteiger partial charge on any atom is -0.459 e. The fourth-order valence-corrected chi connectivity index (χ4v) is 3.68. The number of anilines is 1. The van der Waals surface area contributed by atoms with E-state index in [2.05, 4.69) is 32.1 Å². The number of nitrogens with zero attached hydrogens (tertiary/aromatic N) is 4. The number of ether oxygens (including phenoxy) is 1. The number of nitrogens with one attached hydrogen (secondary N) is 1. The summed E-state index contributed by atoms with van der Waals surface area (Å²) < 4.78 is 19.8. The van der Waals surface area contributed by atoms with Crippen LogP contribution in [0.15, 0.2) is 12.4 Å². The third-order valence-corrected chi connectivity index (χ3v) is 4.90. The van der Waals surface area contributed by atoms with E-state index in [1.165, 1.54) is 6.92 Å². The number of thiazole rings is 1. The Hall–Kier alpha value is -2.13. The molecular weight excluding hydrogens is 345 g/mol. The van der Waals surface area contributed by atoms with E-state index in [0.29, 0.717) is 24.0 Å². The molecule has 3 rings (SSSR count). The van der Waals surface area contributed by atoms with Gasteiger partial charge in [-0.25, -0.2) is 9.97 Å². The maximum atomic E-state index is 14.0. The van der Waals surface area contributed by atoms with Gasteiger partial charge in [0.15, 0.2) is 5.13 Å². The molecule has 2 aromatic heterocycles. The second-order valence-electron chi connectivity index (χ2n) is 6.21. The molecule has 0 saturated carbocycles. The van der Waals surface area contributed by atoms with E-state index in [1.807, 2.05) is 6.92 Å². The van der Waals surface area contributed by atoms with Gasteiger partial charge in [-0.2, -0.15) is 9.37 Å². The molecule has 7 nitrogen and oxygen atoms in total. The van der Waals surface area contributed by atoms with Gasteiger partial charge in [0, 0.05) is 44.9 Å². The van der Waals surface area contributed by atoms with Crippen molar-refractivity contribution in [3.63, 3.8) is 0 Å². The minimum atomic E-state index is -0.535. The predicted molar refractivity (Wildman–Crippen MR) is 92.0 cm³/mol. The van der Waals surface area contributed by atoms with Gasteiger partial charge in [-0.15, -0.1) is 0 Å². The van der Waals surface area contributed by atoms with Crippen molar-refractivity contribution in [1.82, 2.24) is 19.9 Å². The molecule has 1 saturated heterocycles. The van der Waals surface area contributed by atoms with Gasteiger partial charge in [-0.05, 0) is 19.4 Å². The summed E-state index contributed by atoms with van der Waals surface area (Å²) in [6.45, 7) is 6.45. The zero-order valence-corrected chi connectivity index (χ0v) is 15.1. The number of carbonyl (C=O) groups is 1. The van der Waals surface area contributed by atoms with Crippen LogP contribution in [-0.4, -0.2) is 44.4 Å². The van der Waals surface area contributed by atoms with Crippen LogP contribution in [0.25, 0.3) is 0 Å². The number of halogens is 1. The van der Waals surface area contributed by atoms with Crippen molar-refractivity contribution in [2.75, 3.05) is 11.9 Å². The molecule has 0 bridgehead atoms. The number of carbonyl (C=O) groups excluding carboxylic acids is 1. The first kappa shape index (κ1) is 17.7. The van der Waals surface area contributed by atoms with Gasteiger partial charge in [-0.1, -0.05) is 11.3 Å². The second-order valence-corrected chi connectivity index (χ2v) is 7.29. The quantitative estimate of drug-likeness (QED) is 0.876. The average molecular weight is 365 g/mol.